The maximum absolute atomic E-state index is 12.0. The third kappa shape index (κ3) is 3.69. The lowest BCUT2D eigenvalue weighted by molar-refractivity contribution is -0.148. The Morgan fingerprint density at radius 2 is 2.16 bits per heavy atom. The molecule has 2 fully saturated rings. The van der Waals surface area contributed by atoms with Crippen molar-refractivity contribution in [1.29, 1.82) is 0 Å². The summed E-state index contributed by atoms with van der Waals surface area (Å²) >= 11 is 0. The van der Waals surface area contributed by atoms with E-state index < -0.39 is 5.54 Å². The number of methoxy groups -OCH3 is 1. The molecule has 1 heterocycles. The van der Waals surface area contributed by atoms with E-state index in [1.807, 2.05) is 6.92 Å². The summed E-state index contributed by atoms with van der Waals surface area (Å²) in [6.07, 6.45) is 7.03. The number of carbonyl (C=O) groups excluding carboxylic acids is 1. The zero-order valence-electron chi connectivity index (χ0n) is 12.6. The van der Waals surface area contributed by atoms with Gasteiger partial charge in [0.05, 0.1) is 7.11 Å². The average Bonchev–Trinajstić information content (AvgIpc) is 3.09. The van der Waals surface area contributed by atoms with E-state index in [4.69, 9.17) is 4.74 Å². The number of nitrogens with one attached hydrogen (secondary N) is 1. The van der Waals surface area contributed by atoms with E-state index in [0.29, 0.717) is 12.1 Å². The second-order valence-corrected chi connectivity index (χ2v) is 6.23. The van der Waals surface area contributed by atoms with Crippen LogP contribution in [0.25, 0.3) is 0 Å². The highest BCUT2D eigenvalue weighted by atomic mass is 16.5. The van der Waals surface area contributed by atoms with Gasteiger partial charge in [0.1, 0.15) is 5.54 Å². The van der Waals surface area contributed by atoms with Crippen LogP contribution in [0.2, 0.25) is 0 Å². The van der Waals surface area contributed by atoms with Gasteiger partial charge in [0, 0.05) is 18.6 Å². The minimum Gasteiger partial charge on any atom is -0.468 e. The standard InChI is InChI=1S/C15H28N2O2/c1-4-13-6-5-10-17(13)11-9-15(2,14(18)19-3)16-12-7-8-12/h12-13,16H,4-11H2,1-3H3. The van der Waals surface area contributed by atoms with Gasteiger partial charge in [-0.1, -0.05) is 6.92 Å². The minimum absolute atomic E-state index is 0.119. The third-order valence-corrected chi connectivity index (χ3v) is 4.61. The van der Waals surface area contributed by atoms with Crippen LogP contribution >= 0.6 is 0 Å². The third-order valence-electron chi connectivity index (χ3n) is 4.61. The highest BCUT2D eigenvalue weighted by Gasteiger charge is 2.40. The quantitative estimate of drug-likeness (QED) is 0.716. The summed E-state index contributed by atoms with van der Waals surface area (Å²) in [7, 11) is 1.49. The van der Waals surface area contributed by atoms with Crippen LogP contribution in [-0.2, 0) is 9.53 Å². The number of likely N-dealkylation sites (tertiary alicyclic amines) is 1. The molecule has 1 N–H and O–H groups in total. The molecule has 0 bridgehead atoms. The van der Waals surface area contributed by atoms with Gasteiger partial charge in [-0.3, -0.25) is 10.1 Å². The van der Waals surface area contributed by atoms with Crippen molar-refractivity contribution < 1.29 is 9.53 Å². The van der Waals surface area contributed by atoms with Crippen LogP contribution in [0.1, 0.15) is 52.4 Å². The van der Waals surface area contributed by atoms with E-state index in [-0.39, 0.29) is 5.97 Å². The highest BCUT2D eigenvalue weighted by Crippen LogP contribution is 2.26. The van der Waals surface area contributed by atoms with Crippen molar-refractivity contribution in [2.24, 2.45) is 0 Å². The van der Waals surface area contributed by atoms with Gasteiger partial charge < -0.3 is 9.64 Å². The molecule has 0 aromatic rings. The molecule has 2 rings (SSSR count). The zero-order valence-corrected chi connectivity index (χ0v) is 12.6. The molecule has 1 aliphatic heterocycles. The van der Waals surface area contributed by atoms with E-state index in [1.54, 1.807) is 0 Å². The van der Waals surface area contributed by atoms with E-state index in [9.17, 15) is 4.79 Å². The predicted octanol–water partition coefficient (Wildman–Crippen LogP) is 1.93. The summed E-state index contributed by atoms with van der Waals surface area (Å²) < 4.78 is 4.99. The Morgan fingerprint density at radius 1 is 1.42 bits per heavy atom. The SMILES string of the molecule is CCC1CCCN1CCC(C)(NC1CC1)C(=O)OC. The monoisotopic (exact) mass is 268 g/mol. The molecule has 0 radical (unpaired) electrons. The maximum Gasteiger partial charge on any atom is 0.325 e. The summed E-state index contributed by atoms with van der Waals surface area (Å²) in [4.78, 5) is 14.6. The van der Waals surface area contributed by atoms with Crippen LogP contribution in [-0.4, -0.2) is 48.7 Å². The molecule has 1 saturated carbocycles. The molecule has 0 aromatic heterocycles. The van der Waals surface area contributed by atoms with Crippen molar-refractivity contribution in [3.63, 3.8) is 0 Å². The summed E-state index contributed by atoms with van der Waals surface area (Å²) in [6, 6.07) is 1.23. The Morgan fingerprint density at radius 3 is 2.74 bits per heavy atom. The molecule has 1 aliphatic carbocycles. The molecule has 2 unspecified atom stereocenters. The Kier molecular flexibility index (Phi) is 4.85. The maximum atomic E-state index is 12.0. The van der Waals surface area contributed by atoms with Gasteiger partial charge in [-0.15, -0.1) is 0 Å². The first-order valence-corrected chi connectivity index (χ1v) is 7.69. The normalized spacial score (nSPS) is 27.2. The van der Waals surface area contributed by atoms with Gasteiger partial charge in [-0.25, -0.2) is 0 Å². The summed E-state index contributed by atoms with van der Waals surface area (Å²) in [5.41, 5.74) is -0.517. The highest BCUT2D eigenvalue weighted by molar-refractivity contribution is 5.80. The summed E-state index contributed by atoms with van der Waals surface area (Å²) in [5.74, 6) is -0.119. The van der Waals surface area contributed by atoms with Crippen molar-refractivity contribution in [2.45, 2.75) is 70.0 Å². The number of carbonyl (C=O) groups is 1. The van der Waals surface area contributed by atoms with Gasteiger partial charge in [0.15, 0.2) is 0 Å². The van der Waals surface area contributed by atoms with Gasteiger partial charge in [0.2, 0.25) is 0 Å². The van der Waals surface area contributed by atoms with Crippen molar-refractivity contribution in [1.82, 2.24) is 10.2 Å². The van der Waals surface area contributed by atoms with E-state index in [1.165, 1.54) is 45.8 Å². The van der Waals surface area contributed by atoms with Crippen molar-refractivity contribution >= 4 is 5.97 Å². The molecule has 4 nitrogen and oxygen atoms in total. The number of nitrogens with zero attached hydrogens (tertiary/aromatic N) is 1. The van der Waals surface area contributed by atoms with Gasteiger partial charge in [0.25, 0.3) is 0 Å². The molecule has 0 aromatic carbocycles. The zero-order chi connectivity index (χ0) is 13.9. The Labute approximate surface area is 116 Å². The van der Waals surface area contributed by atoms with Gasteiger partial charge >= 0.3 is 5.97 Å². The van der Waals surface area contributed by atoms with E-state index in [0.717, 1.165) is 13.0 Å². The van der Waals surface area contributed by atoms with Crippen molar-refractivity contribution in [3.05, 3.63) is 0 Å². The van der Waals surface area contributed by atoms with Crippen molar-refractivity contribution in [2.75, 3.05) is 20.2 Å². The van der Waals surface area contributed by atoms with E-state index in [2.05, 4.69) is 17.1 Å². The molecule has 0 spiro atoms. The second kappa shape index (κ2) is 6.23. The Balaban J connectivity index is 1.90. The topological polar surface area (TPSA) is 41.6 Å². The lowest BCUT2D eigenvalue weighted by atomic mass is 9.97. The summed E-state index contributed by atoms with van der Waals surface area (Å²) in [5, 5.41) is 3.47. The fraction of sp³-hybridized carbons (Fsp3) is 0.933. The fourth-order valence-corrected chi connectivity index (χ4v) is 3.16. The van der Waals surface area contributed by atoms with Crippen LogP contribution in [0.15, 0.2) is 0 Å². The lowest BCUT2D eigenvalue weighted by Crippen LogP contribution is -2.53. The second-order valence-electron chi connectivity index (χ2n) is 6.23. The smallest absolute Gasteiger partial charge is 0.325 e. The van der Waals surface area contributed by atoms with E-state index >= 15 is 0 Å². The van der Waals surface area contributed by atoms with Crippen LogP contribution in [0.3, 0.4) is 0 Å². The fourth-order valence-electron chi connectivity index (χ4n) is 3.16. The molecule has 110 valence electrons. The molecule has 19 heavy (non-hydrogen) atoms. The number of ether oxygens (including phenoxy) is 1. The average molecular weight is 268 g/mol. The number of esters is 1. The lowest BCUT2D eigenvalue weighted by Gasteiger charge is -2.32. The molecule has 0 amide bonds. The van der Waals surface area contributed by atoms with Crippen LogP contribution in [0.4, 0.5) is 0 Å². The molecule has 1 saturated heterocycles. The van der Waals surface area contributed by atoms with Crippen LogP contribution < -0.4 is 5.32 Å². The summed E-state index contributed by atoms with van der Waals surface area (Å²) in [6.45, 7) is 6.42. The molecular weight excluding hydrogens is 240 g/mol. The largest absolute Gasteiger partial charge is 0.468 e. The first-order chi connectivity index (χ1) is 9.09. The number of rotatable bonds is 7. The minimum atomic E-state index is -0.517. The first-order valence-electron chi connectivity index (χ1n) is 7.69. The molecule has 2 aliphatic rings. The predicted molar refractivity (Wildman–Crippen MR) is 76.1 cm³/mol. The van der Waals surface area contributed by atoms with Crippen LogP contribution in [0, 0.1) is 0 Å². The Bertz CT molecular complexity index is 317. The Hall–Kier alpha value is -0.610. The van der Waals surface area contributed by atoms with Gasteiger partial charge in [-0.05, 0) is 52.0 Å². The molecule has 4 heteroatoms. The first kappa shape index (κ1) is 14.8. The molecule has 2 atom stereocenters. The number of hydrogen-bond acceptors (Lipinski definition) is 4. The molecular formula is C15H28N2O2. The number of hydrogen-bond donors (Lipinski definition) is 1. The van der Waals surface area contributed by atoms with Crippen LogP contribution in [0.5, 0.6) is 0 Å². The van der Waals surface area contributed by atoms with Gasteiger partial charge in [-0.2, -0.15) is 0 Å². The van der Waals surface area contributed by atoms with Crippen molar-refractivity contribution in [3.8, 4) is 0 Å².